The van der Waals surface area contributed by atoms with Crippen LogP contribution in [0.2, 0.25) is 0 Å². The van der Waals surface area contributed by atoms with Crippen LogP contribution in [0.4, 0.5) is 0 Å². The predicted molar refractivity (Wildman–Crippen MR) is 84.8 cm³/mol. The lowest BCUT2D eigenvalue weighted by Gasteiger charge is -2.36. The van der Waals surface area contributed by atoms with Crippen molar-refractivity contribution in [2.24, 2.45) is 0 Å². The fraction of sp³-hybridized carbons (Fsp3) is 0.333. The molecule has 2 aliphatic heterocycles. The monoisotopic (exact) mass is 310 g/mol. The smallest absolute Gasteiger partial charge is 0.254 e. The van der Waals surface area contributed by atoms with Crippen LogP contribution in [0.1, 0.15) is 34.5 Å². The minimum atomic E-state index is 0.00948. The van der Waals surface area contributed by atoms with E-state index in [-0.39, 0.29) is 11.9 Å². The summed E-state index contributed by atoms with van der Waals surface area (Å²) in [5, 5.41) is 0. The number of carbonyl (C=O) groups excluding carboxylic acids is 1. The van der Waals surface area contributed by atoms with E-state index in [1.807, 2.05) is 11.0 Å². The van der Waals surface area contributed by atoms with E-state index in [4.69, 9.17) is 9.47 Å². The van der Waals surface area contributed by atoms with Gasteiger partial charge < -0.3 is 14.4 Å². The van der Waals surface area contributed by atoms with Crippen molar-refractivity contribution in [2.75, 3.05) is 19.8 Å². The number of pyridine rings is 1. The molecule has 2 aromatic rings. The van der Waals surface area contributed by atoms with Crippen LogP contribution in [-0.4, -0.2) is 35.5 Å². The fourth-order valence-electron chi connectivity index (χ4n) is 3.29. The molecular weight excluding hydrogens is 292 g/mol. The molecule has 1 amide bonds. The molecule has 1 atom stereocenters. The Hall–Kier alpha value is -2.56. The molecule has 0 spiro atoms. The Labute approximate surface area is 134 Å². The maximum absolute atomic E-state index is 12.8. The van der Waals surface area contributed by atoms with Crippen LogP contribution in [0.25, 0.3) is 0 Å². The molecule has 0 saturated heterocycles. The first-order valence-electron chi connectivity index (χ1n) is 7.87. The lowest BCUT2D eigenvalue weighted by Crippen LogP contribution is -2.39. The summed E-state index contributed by atoms with van der Waals surface area (Å²) in [6, 6.07) is 7.62. The topological polar surface area (TPSA) is 51.7 Å². The van der Waals surface area contributed by atoms with Gasteiger partial charge in [0, 0.05) is 24.5 Å². The largest absolute Gasteiger partial charge is 0.486 e. The normalized spacial score (nSPS) is 19.2. The molecule has 23 heavy (non-hydrogen) atoms. The van der Waals surface area contributed by atoms with Gasteiger partial charge in [-0.05, 0) is 48.7 Å². The second-order valence-electron chi connectivity index (χ2n) is 5.86. The first-order valence-corrected chi connectivity index (χ1v) is 7.87. The summed E-state index contributed by atoms with van der Waals surface area (Å²) in [4.78, 5) is 18.6. The van der Waals surface area contributed by atoms with Crippen LogP contribution in [0.15, 0.2) is 36.7 Å². The Morgan fingerprint density at radius 2 is 1.87 bits per heavy atom. The van der Waals surface area contributed by atoms with E-state index in [0.717, 1.165) is 23.5 Å². The Kier molecular flexibility index (Phi) is 3.41. The highest BCUT2D eigenvalue weighted by Crippen LogP contribution is 2.39. The zero-order valence-corrected chi connectivity index (χ0v) is 13.0. The summed E-state index contributed by atoms with van der Waals surface area (Å²) in [7, 11) is 0. The van der Waals surface area contributed by atoms with Gasteiger partial charge in [0.25, 0.3) is 5.91 Å². The highest BCUT2D eigenvalue weighted by Gasteiger charge is 2.30. The summed E-state index contributed by atoms with van der Waals surface area (Å²) in [5.41, 5.74) is 3.05. The average Bonchev–Trinajstić information content (AvgIpc) is 2.61. The van der Waals surface area contributed by atoms with Crippen LogP contribution >= 0.6 is 0 Å². The minimum Gasteiger partial charge on any atom is -0.486 e. The molecule has 0 aliphatic carbocycles. The quantitative estimate of drug-likeness (QED) is 0.812. The molecule has 1 unspecified atom stereocenters. The molecule has 0 radical (unpaired) electrons. The van der Waals surface area contributed by atoms with Crippen molar-refractivity contribution in [3.05, 3.63) is 53.3 Å². The standard InChI is InChI=1S/C18H18N2O3/c1-12-15-11-17-16(22-8-9-23-17)10-14(15)4-7-20(12)18(21)13-2-5-19-6-3-13/h2-3,5-6,10-12H,4,7-9H2,1H3. The van der Waals surface area contributed by atoms with Crippen LogP contribution in [0.5, 0.6) is 11.5 Å². The number of amides is 1. The zero-order valence-electron chi connectivity index (χ0n) is 13.0. The van der Waals surface area contributed by atoms with Gasteiger partial charge in [0.2, 0.25) is 0 Å². The molecule has 4 rings (SSSR count). The maximum Gasteiger partial charge on any atom is 0.254 e. The summed E-state index contributed by atoms with van der Waals surface area (Å²) < 4.78 is 11.3. The van der Waals surface area contributed by atoms with E-state index in [1.54, 1.807) is 24.5 Å². The lowest BCUT2D eigenvalue weighted by molar-refractivity contribution is 0.0676. The number of rotatable bonds is 1. The first-order chi connectivity index (χ1) is 11.2. The molecule has 0 bridgehead atoms. The number of benzene rings is 1. The summed E-state index contributed by atoms with van der Waals surface area (Å²) in [6.07, 6.45) is 4.13. The van der Waals surface area contributed by atoms with Crippen molar-refractivity contribution in [2.45, 2.75) is 19.4 Å². The van der Waals surface area contributed by atoms with E-state index in [2.05, 4.69) is 18.0 Å². The lowest BCUT2D eigenvalue weighted by atomic mass is 9.92. The summed E-state index contributed by atoms with van der Waals surface area (Å²) >= 11 is 0. The van der Waals surface area contributed by atoms with Crippen LogP contribution in [-0.2, 0) is 6.42 Å². The van der Waals surface area contributed by atoms with Crippen molar-refractivity contribution in [1.82, 2.24) is 9.88 Å². The van der Waals surface area contributed by atoms with Gasteiger partial charge in [-0.3, -0.25) is 9.78 Å². The predicted octanol–water partition coefficient (Wildman–Crippen LogP) is 2.61. The number of hydrogen-bond acceptors (Lipinski definition) is 4. The van der Waals surface area contributed by atoms with E-state index >= 15 is 0 Å². The first kappa shape index (κ1) is 14.1. The number of hydrogen-bond donors (Lipinski definition) is 0. The van der Waals surface area contributed by atoms with Gasteiger partial charge in [0.15, 0.2) is 11.5 Å². The maximum atomic E-state index is 12.8. The van der Waals surface area contributed by atoms with Gasteiger partial charge in [-0.15, -0.1) is 0 Å². The number of ether oxygens (including phenoxy) is 2. The van der Waals surface area contributed by atoms with Gasteiger partial charge in [0.1, 0.15) is 13.2 Å². The Balaban J connectivity index is 1.66. The molecule has 5 nitrogen and oxygen atoms in total. The number of carbonyl (C=O) groups is 1. The fourth-order valence-corrected chi connectivity index (χ4v) is 3.29. The molecule has 0 N–H and O–H groups in total. The third-order valence-corrected chi connectivity index (χ3v) is 4.53. The van der Waals surface area contributed by atoms with Gasteiger partial charge in [0.05, 0.1) is 6.04 Å². The molecule has 5 heteroatoms. The van der Waals surface area contributed by atoms with E-state index < -0.39 is 0 Å². The van der Waals surface area contributed by atoms with Gasteiger partial charge in [-0.1, -0.05) is 0 Å². The second-order valence-corrected chi connectivity index (χ2v) is 5.86. The second kappa shape index (κ2) is 5.57. The third kappa shape index (κ3) is 2.42. The van der Waals surface area contributed by atoms with Crippen molar-refractivity contribution < 1.29 is 14.3 Å². The third-order valence-electron chi connectivity index (χ3n) is 4.53. The number of aromatic nitrogens is 1. The van der Waals surface area contributed by atoms with Crippen LogP contribution in [0.3, 0.4) is 0 Å². The number of nitrogens with zero attached hydrogens (tertiary/aromatic N) is 2. The minimum absolute atomic E-state index is 0.00948. The average molecular weight is 310 g/mol. The van der Waals surface area contributed by atoms with Gasteiger partial charge >= 0.3 is 0 Å². The van der Waals surface area contributed by atoms with E-state index in [1.165, 1.54) is 5.56 Å². The summed E-state index contributed by atoms with van der Waals surface area (Å²) in [6.45, 7) is 3.93. The molecule has 1 aromatic carbocycles. The molecule has 0 saturated carbocycles. The SMILES string of the molecule is CC1c2cc3c(cc2CCN1C(=O)c1ccncc1)OCCO3. The van der Waals surface area contributed by atoms with Crippen molar-refractivity contribution >= 4 is 5.91 Å². The van der Waals surface area contributed by atoms with E-state index in [0.29, 0.717) is 25.3 Å². The Bertz CT molecular complexity index is 745. The van der Waals surface area contributed by atoms with Crippen molar-refractivity contribution in [3.8, 4) is 11.5 Å². The number of fused-ring (bicyclic) bond motifs is 2. The molecule has 0 fully saturated rings. The van der Waals surface area contributed by atoms with E-state index in [9.17, 15) is 4.79 Å². The molecule has 1 aromatic heterocycles. The highest BCUT2D eigenvalue weighted by molar-refractivity contribution is 5.94. The highest BCUT2D eigenvalue weighted by atomic mass is 16.6. The Morgan fingerprint density at radius 1 is 1.17 bits per heavy atom. The van der Waals surface area contributed by atoms with Crippen molar-refractivity contribution in [3.63, 3.8) is 0 Å². The van der Waals surface area contributed by atoms with Crippen LogP contribution < -0.4 is 9.47 Å². The van der Waals surface area contributed by atoms with Crippen molar-refractivity contribution in [1.29, 1.82) is 0 Å². The zero-order chi connectivity index (χ0) is 15.8. The van der Waals surface area contributed by atoms with Crippen LogP contribution in [0, 0.1) is 0 Å². The molecule has 118 valence electrons. The molecule has 3 heterocycles. The summed E-state index contributed by atoms with van der Waals surface area (Å²) in [5.74, 6) is 1.64. The Morgan fingerprint density at radius 3 is 2.61 bits per heavy atom. The van der Waals surface area contributed by atoms with Gasteiger partial charge in [-0.2, -0.15) is 0 Å². The molecule has 2 aliphatic rings. The van der Waals surface area contributed by atoms with Gasteiger partial charge in [-0.25, -0.2) is 0 Å². The molecular formula is C18H18N2O3.